The maximum Gasteiger partial charge on any atom is 0.224 e. The number of rotatable bonds is 4. The van der Waals surface area contributed by atoms with Crippen LogP contribution in [0.25, 0.3) is 0 Å². The van der Waals surface area contributed by atoms with Crippen molar-refractivity contribution in [2.45, 2.75) is 13.8 Å². The maximum atomic E-state index is 11.6. The number of anilines is 2. The molecule has 0 aliphatic rings. The summed E-state index contributed by atoms with van der Waals surface area (Å²) < 4.78 is 5.07. The molecule has 2 N–H and O–H groups in total. The van der Waals surface area contributed by atoms with E-state index in [0.717, 1.165) is 0 Å². The number of amides is 1. The van der Waals surface area contributed by atoms with Gasteiger partial charge in [0.2, 0.25) is 5.91 Å². The minimum Gasteiger partial charge on any atom is -0.497 e. The Balaban J connectivity index is 3.05. The molecule has 0 aliphatic carbocycles. The summed E-state index contributed by atoms with van der Waals surface area (Å²) in [6, 6.07) is 5.29. The summed E-state index contributed by atoms with van der Waals surface area (Å²) >= 11 is 0. The summed E-state index contributed by atoms with van der Waals surface area (Å²) in [5, 5.41) is 0. The topological polar surface area (TPSA) is 55.6 Å². The van der Waals surface area contributed by atoms with E-state index < -0.39 is 0 Å². The molecule has 0 bridgehead atoms. The third kappa shape index (κ3) is 3.24. The molecular formula is C13H18N2O2. The fourth-order valence-corrected chi connectivity index (χ4v) is 1.51. The number of allylic oxidation sites excluding steroid dienone is 1. The SMILES string of the molecule is C/C=C/CN(C(C)=O)c1ccc(OC)cc1N. The zero-order valence-electron chi connectivity index (χ0n) is 10.4. The molecule has 92 valence electrons. The van der Waals surface area contributed by atoms with Gasteiger partial charge in [-0.3, -0.25) is 4.79 Å². The van der Waals surface area contributed by atoms with E-state index in [1.165, 1.54) is 6.92 Å². The average molecular weight is 234 g/mol. The molecule has 0 fully saturated rings. The Morgan fingerprint density at radius 1 is 1.53 bits per heavy atom. The second-order valence-electron chi connectivity index (χ2n) is 3.62. The Labute approximate surface area is 102 Å². The van der Waals surface area contributed by atoms with Gasteiger partial charge in [-0.25, -0.2) is 0 Å². The number of nitrogens with zero attached hydrogens (tertiary/aromatic N) is 1. The van der Waals surface area contributed by atoms with E-state index in [-0.39, 0.29) is 5.91 Å². The van der Waals surface area contributed by atoms with E-state index >= 15 is 0 Å². The van der Waals surface area contributed by atoms with Crippen molar-refractivity contribution in [3.8, 4) is 5.75 Å². The number of ether oxygens (including phenoxy) is 1. The van der Waals surface area contributed by atoms with Crippen molar-refractivity contribution < 1.29 is 9.53 Å². The van der Waals surface area contributed by atoms with Crippen LogP contribution < -0.4 is 15.4 Å². The van der Waals surface area contributed by atoms with Gasteiger partial charge in [-0.15, -0.1) is 0 Å². The molecule has 0 unspecified atom stereocenters. The van der Waals surface area contributed by atoms with Crippen LogP contribution in [0.2, 0.25) is 0 Å². The molecule has 0 saturated carbocycles. The first kappa shape index (κ1) is 13.1. The number of hydrogen-bond donors (Lipinski definition) is 1. The zero-order chi connectivity index (χ0) is 12.8. The second-order valence-corrected chi connectivity index (χ2v) is 3.62. The number of benzene rings is 1. The number of methoxy groups -OCH3 is 1. The number of nitrogens with two attached hydrogens (primary N) is 1. The van der Waals surface area contributed by atoms with Gasteiger partial charge in [-0.05, 0) is 19.1 Å². The largest absolute Gasteiger partial charge is 0.497 e. The summed E-state index contributed by atoms with van der Waals surface area (Å²) in [6.45, 7) is 3.95. The Hall–Kier alpha value is -1.97. The Morgan fingerprint density at radius 3 is 2.71 bits per heavy atom. The van der Waals surface area contributed by atoms with Gasteiger partial charge in [-0.2, -0.15) is 0 Å². The van der Waals surface area contributed by atoms with E-state index in [4.69, 9.17) is 10.5 Å². The molecule has 0 radical (unpaired) electrons. The molecule has 0 saturated heterocycles. The molecular weight excluding hydrogens is 216 g/mol. The van der Waals surface area contributed by atoms with Gasteiger partial charge in [0, 0.05) is 19.5 Å². The molecule has 0 spiro atoms. The Morgan fingerprint density at radius 2 is 2.24 bits per heavy atom. The lowest BCUT2D eigenvalue weighted by Crippen LogP contribution is -2.29. The van der Waals surface area contributed by atoms with Gasteiger partial charge in [0.05, 0.1) is 18.5 Å². The molecule has 17 heavy (non-hydrogen) atoms. The van der Waals surface area contributed by atoms with E-state index in [2.05, 4.69) is 0 Å². The smallest absolute Gasteiger partial charge is 0.224 e. The van der Waals surface area contributed by atoms with E-state index in [9.17, 15) is 4.79 Å². The van der Waals surface area contributed by atoms with Crippen molar-refractivity contribution in [3.05, 3.63) is 30.4 Å². The normalized spacial score (nSPS) is 10.5. The predicted molar refractivity (Wildman–Crippen MR) is 70.2 cm³/mol. The minimum absolute atomic E-state index is 0.0417. The average Bonchev–Trinajstić information content (AvgIpc) is 2.30. The fraction of sp³-hybridized carbons (Fsp3) is 0.308. The predicted octanol–water partition coefficient (Wildman–Crippen LogP) is 2.21. The molecule has 1 aromatic carbocycles. The van der Waals surface area contributed by atoms with Crippen molar-refractivity contribution in [1.29, 1.82) is 0 Å². The van der Waals surface area contributed by atoms with Gasteiger partial charge < -0.3 is 15.4 Å². The molecule has 1 rings (SSSR count). The highest BCUT2D eigenvalue weighted by atomic mass is 16.5. The van der Waals surface area contributed by atoms with Crippen LogP contribution in [-0.4, -0.2) is 19.6 Å². The van der Waals surface area contributed by atoms with Crippen molar-refractivity contribution in [2.24, 2.45) is 0 Å². The van der Waals surface area contributed by atoms with Gasteiger partial charge in [0.1, 0.15) is 5.75 Å². The zero-order valence-corrected chi connectivity index (χ0v) is 10.4. The van der Waals surface area contributed by atoms with E-state index in [1.54, 1.807) is 30.2 Å². The molecule has 0 aromatic heterocycles. The first-order valence-electron chi connectivity index (χ1n) is 5.43. The second kappa shape index (κ2) is 5.94. The van der Waals surface area contributed by atoms with Crippen molar-refractivity contribution >= 4 is 17.3 Å². The Kier molecular flexibility index (Phi) is 4.57. The standard InChI is InChI=1S/C13H18N2O2/c1-4-5-8-15(10(2)16)13-7-6-11(17-3)9-12(13)14/h4-7,9H,8,14H2,1-3H3/b5-4+. The van der Waals surface area contributed by atoms with Gasteiger partial charge in [0.15, 0.2) is 0 Å². The summed E-state index contributed by atoms with van der Waals surface area (Å²) in [7, 11) is 1.58. The van der Waals surface area contributed by atoms with Crippen molar-refractivity contribution in [1.82, 2.24) is 0 Å². The summed E-state index contributed by atoms with van der Waals surface area (Å²) in [6.07, 6.45) is 3.81. The highest BCUT2D eigenvalue weighted by molar-refractivity contribution is 5.95. The molecule has 4 nitrogen and oxygen atoms in total. The number of hydrogen-bond acceptors (Lipinski definition) is 3. The number of nitrogen functional groups attached to an aromatic ring is 1. The molecule has 0 atom stereocenters. The van der Waals surface area contributed by atoms with E-state index in [0.29, 0.717) is 23.7 Å². The van der Waals surface area contributed by atoms with Crippen LogP contribution in [0.5, 0.6) is 5.75 Å². The van der Waals surface area contributed by atoms with Crippen LogP contribution in [0, 0.1) is 0 Å². The molecule has 0 aliphatic heterocycles. The fourth-order valence-electron chi connectivity index (χ4n) is 1.51. The monoisotopic (exact) mass is 234 g/mol. The van der Waals surface area contributed by atoms with Gasteiger partial charge in [-0.1, -0.05) is 12.2 Å². The number of carbonyl (C=O) groups excluding carboxylic acids is 1. The number of carbonyl (C=O) groups is 1. The lowest BCUT2D eigenvalue weighted by atomic mass is 10.2. The van der Waals surface area contributed by atoms with Crippen LogP contribution in [0.1, 0.15) is 13.8 Å². The van der Waals surface area contributed by atoms with Crippen LogP contribution in [0.4, 0.5) is 11.4 Å². The van der Waals surface area contributed by atoms with Crippen molar-refractivity contribution in [3.63, 3.8) is 0 Å². The first-order chi connectivity index (χ1) is 8.10. The first-order valence-corrected chi connectivity index (χ1v) is 5.43. The Bertz CT molecular complexity index is 427. The van der Waals surface area contributed by atoms with Crippen LogP contribution in [0.15, 0.2) is 30.4 Å². The molecule has 4 heteroatoms. The molecule has 1 amide bonds. The highest BCUT2D eigenvalue weighted by Crippen LogP contribution is 2.27. The quantitative estimate of drug-likeness (QED) is 0.642. The van der Waals surface area contributed by atoms with Gasteiger partial charge >= 0.3 is 0 Å². The van der Waals surface area contributed by atoms with Crippen LogP contribution in [-0.2, 0) is 4.79 Å². The highest BCUT2D eigenvalue weighted by Gasteiger charge is 2.13. The lowest BCUT2D eigenvalue weighted by molar-refractivity contribution is -0.116. The molecule has 0 heterocycles. The van der Waals surface area contributed by atoms with Crippen molar-refractivity contribution in [2.75, 3.05) is 24.3 Å². The maximum absolute atomic E-state index is 11.6. The van der Waals surface area contributed by atoms with Crippen LogP contribution >= 0.6 is 0 Å². The summed E-state index contributed by atoms with van der Waals surface area (Å²) in [5.41, 5.74) is 7.15. The summed E-state index contributed by atoms with van der Waals surface area (Å²) in [4.78, 5) is 13.2. The van der Waals surface area contributed by atoms with Crippen LogP contribution in [0.3, 0.4) is 0 Å². The minimum atomic E-state index is -0.0417. The lowest BCUT2D eigenvalue weighted by Gasteiger charge is -2.21. The third-order valence-corrected chi connectivity index (χ3v) is 2.43. The third-order valence-electron chi connectivity index (χ3n) is 2.43. The molecule has 1 aromatic rings. The summed E-state index contributed by atoms with van der Waals surface area (Å²) in [5.74, 6) is 0.640. The van der Waals surface area contributed by atoms with Gasteiger partial charge in [0.25, 0.3) is 0 Å². The van der Waals surface area contributed by atoms with E-state index in [1.807, 2.05) is 19.1 Å².